The minimum absolute atomic E-state index is 0.141. The van der Waals surface area contributed by atoms with Crippen molar-refractivity contribution in [3.05, 3.63) is 0 Å². The highest BCUT2D eigenvalue weighted by molar-refractivity contribution is 5.76. The highest BCUT2D eigenvalue weighted by atomic mass is 16.6. The lowest BCUT2D eigenvalue weighted by Gasteiger charge is -2.29. The molecule has 0 aromatic heterocycles. The number of rotatable bonds is 3. The second-order valence-corrected chi connectivity index (χ2v) is 5.19. The van der Waals surface area contributed by atoms with Crippen molar-refractivity contribution in [2.45, 2.75) is 46.3 Å². The third-order valence-electron chi connectivity index (χ3n) is 1.84. The summed E-state index contributed by atoms with van der Waals surface area (Å²) in [5, 5.41) is 0. The van der Waals surface area contributed by atoms with Gasteiger partial charge < -0.3 is 4.74 Å². The molecule has 0 N–H and O–H groups in total. The van der Waals surface area contributed by atoms with Crippen LogP contribution in [0.4, 0.5) is 0 Å². The van der Waals surface area contributed by atoms with Crippen molar-refractivity contribution in [2.24, 2.45) is 5.92 Å². The van der Waals surface area contributed by atoms with E-state index in [0.29, 0.717) is 0 Å². The second kappa shape index (κ2) is 4.78. The van der Waals surface area contributed by atoms with Crippen LogP contribution in [0.3, 0.4) is 0 Å². The summed E-state index contributed by atoms with van der Waals surface area (Å²) < 4.78 is 5.34. The average molecular weight is 201 g/mol. The highest BCUT2D eigenvalue weighted by Gasteiger charge is 2.29. The molecule has 84 valence electrons. The molecule has 0 radical (unpaired) electrons. The maximum Gasteiger partial charge on any atom is 0.324 e. The Bertz CT molecular complexity index is 184. The fourth-order valence-electron chi connectivity index (χ4n) is 1.44. The zero-order chi connectivity index (χ0) is 11.5. The first kappa shape index (κ1) is 13.4. The number of hydrogen-bond donors (Lipinski definition) is 0. The molecule has 0 rings (SSSR count). The Morgan fingerprint density at radius 2 is 1.64 bits per heavy atom. The van der Waals surface area contributed by atoms with E-state index in [1.54, 1.807) is 0 Å². The van der Waals surface area contributed by atoms with Gasteiger partial charge in [0.1, 0.15) is 11.6 Å². The molecule has 0 amide bonds. The molecule has 0 fully saturated rings. The Balaban J connectivity index is 4.47. The Morgan fingerprint density at radius 3 is 1.86 bits per heavy atom. The first-order valence-corrected chi connectivity index (χ1v) is 5.04. The van der Waals surface area contributed by atoms with Crippen LogP contribution in [0.5, 0.6) is 0 Å². The van der Waals surface area contributed by atoms with Crippen LogP contribution >= 0.6 is 0 Å². The normalized spacial score (nSPS) is 14.6. The van der Waals surface area contributed by atoms with Crippen molar-refractivity contribution in [2.75, 3.05) is 14.1 Å². The van der Waals surface area contributed by atoms with Gasteiger partial charge in [-0.05, 0) is 40.8 Å². The summed E-state index contributed by atoms with van der Waals surface area (Å²) in [4.78, 5) is 13.7. The third kappa shape index (κ3) is 4.61. The predicted octanol–water partition coefficient (Wildman–Crippen LogP) is 1.91. The number of likely N-dealkylation sites (N-methyl/N-ethyl adjacent to an activating group) is 1. The molecule has 0 aromatic carbocycles. The molecule has 0 spiro atoms. The predicted molar refractivity (Wildman–Crippen MR) is 58.2 cm³/mol. The van der Waals surface area contributed by atoms with Crippen LogP contribution in [0.25, 0.3) is 0 Å². The topological polar surface area (TPSA) is 29.5 Å². The quantitative estimate of drug-likeness (QED) is 0.653. The number of carbonyl (C=O) groups is 1. The van der Waals surface area contributed by atoms with Crippen LogP contribution in [0.2, 0.25) is 0 Å². The van der Waals surface area contributed by atoms with Gasteiger partial charge in [0.15, 0.2) is 0 Å². The number of esters is 1. The van der Waals surface area contributed by atoms with Gasteiger partial charge in [-0.25, -0.2) is 0 Å². The van der Waals surface area contributed by atoms with E-state index in [-0.39, 0.29) is 17.9 Å². The van der Waals surface area contributed by atoms with E-state index in [4.69, 9.17) is 4.74 Å². The van der Waals surface area contributed by atoms with Crippen LogP contribution in [0.1, 0.15) is 34.6 Å². The summed E-state index contributed by atoms with van der Waals surface area (Å²) in [6, 6.07) is -0.158. The molecule has 0 saturated carbocycles. The Labute approximate surface area is 87.4 Å². The van der Waals surface area contributed by atoms with E-state index in [0.717, 1.165) is 0 Å². The van der Waals surface area contributed by atoms with E-state index in [9.17, 15) is 4.79 Å². The highest BCUT2D eigenvalue weighted by Crippen LogP contribution is 2.14. The first-order chi connectivity index (χ1) is 6.15. The van der Waals surface area contributed by atoms with Crippen molar-refractivity contribution >= 4 is 5.97 Å². The number of hydrogen-bond acceptors (Lipinski definition) is 3. The number of ether oxygens (including phenoxy) is 1. The molecule has 0 aliphatic heterocycles. The Hall–Kier alpha value is -0.570. The molecule has 3 heteroatoms. The van der Waals surface area contributed by atoms with Gasteiger partial charge in [0.05, 0.1) is 0 Å². The van der Waals surface area contributed by atoms with Gasteiger partial charge in [-0.1, -0.05) is 13.8 Å². The molecule has 1 unspecified atom stereocenters. The number of nitrogens with zero attached hydrogens (tertiary/aromatic N) is 1. The van der Waals surface area contributed by atoms with Crippen LogP contribution in [0.15, 0.2) is 0 Å². The van der Waals surface area contributed by atoms with Crippen LogP contribution in [-0.2, 0) is 9.53 Å². The maximum atomic E-state index is 11.8. The zero-order valence-electron chi connectivity index (χ0n) is 10.4. The molecule has 3 nitrogen and oxygen atoms in total. The van der Waals surface area contributed by atoms with Crippen molar-refractivity contribution in [3.63, 3.8) is 0 Å². The van der Waals surface area contributed by atoms with Crippen LogP contribution in [-0.4, -0.2) is 36.6 Å². The lowest BCUT2D eigenvalue weighted by Crippen LogP contribution is -2.43. The van der Waals surface area contributed by atoms with Gasteiger partial charge in [0.2, 0.25) is 0 Å². The zero-order valence-corrected chi connectivity index (χ0v) is 10.4. The van der Waals surface area contributed by atoms with E-state index >= 15 is 0 Å². The van der Waals surface area contributed by atoms with Gasteiger partial charge in [-0.2, -0.15) is 0 Å². The summed E-state index contributed by atoms with van der Waals surface area (Å²) in [6.07, 6.45) is 0. The van der Waals surface area contributed by atoms with Crippen molar-refractivity contribution in [1.82, 2.24) is 4.90 Å². The lowest BCUT2D eigenvalue weighted by atomic mass is 10.0. The summed E-state index contributed by atoms with van der Waals surface area (Å²) >= 11 is 0. The minimum Gasteiger partial charge on any atom is -0.459 e. The van der Waals surface area contributed by atoms with Gasteiger partial charge in [0.25, 0.3) is 0 Å². The van der Waals surface area contributed by atoms with E-state index < -0.39 is 5.60 Å². The van der Waals surface area contributed by atoms with Gasteiger partial charge in [0, 0.05) is 0 Å². The van der Waals surface area contributed by atoms with Crippen molar-refractivity contribution in [1.29, 1.82) is 0 Å². The minimum atomic E-state index is -0.403. The Kier molecular flexibility index (Phi) is 4.59. The van der Waals surface area contributed by atoms with E-state index in [1.807, 2.05) is 53.6 Å². The monoisotopic (exact) mass is 201 g/mol. The van der Waals surface area contributed by atoms with Gasteiger partial charge in [-0.15, -0.1) is 0 Å². The van der Waals surface area contributed by atoms with Gasteiger partial charge in [-0.3, -0.25) is 9.69 Å². The molecule has 0 aromatic rings. The van der Waals surface area contributed by atoms with Gasteiger partial charge >= 0.3 is 5.97 Å². The van der Waals surface area contributed by atoms with E-state index in [2.05, 4.69) is 0 Å². The largest absolute Gasteiger partial charge is 0.459 e. The smallest absolute Gasteiger partial charge is 0.324 e. The molecule has 0 saturated heterocycles. The molecule has 0 aliphatic rings. The van der Waals surface area contributed by atoms with Crippen molar-refractivity contribution < 1.29 is 9.53 Å². The Morgan fingerprint density at radius 1 is 1.21 bits per heavy atom. The second-order valence-electron chi connectivity index (χ2n) is 5.19. The molecular formula is C11H23NO2. The first-order valence-electron chi connectivity index (χ1n) is 5.04. The molecule has 0 heterocycles. The van der Waals surface area contributed by atoms with Crippen molar-refractivity contribution in [3.8, 4) is 0 Å². The van der Waals surface area contributed by atoms with Crippen LogP contribution in [0, 0.1) is 5.92 Å². The molecule has 14 heavy (non-hydrogen) atoms. The fourth-order valence-corrected chi connectivity index (χ4v) is 1.44. The third-order valence-corrected chi connectivity index (χ3v) is 1.84. The summed E-state index contributed by atoms with van der Waals surface area (Å²) in [7, 11) is 3.79. The average Bonchev–Trinajstić information content (AvgIpc) is 1.78. The summed E-state index contributed by atoms with van der Waals surface area (Å²) in [6.45, 7) is 9.71. The molecule has 0 bridgehead atoms. The maximum absolute atomic E-state index is 11.8. The standard InChI is InChI=1S/C11H23NO2/c1-8(2)9(12(6)7)10(13)14-11(3,4)5/h8-9H,1-7H3. The van der Waals surface area contributed by atoms with Crippen LogP contribution < -0.4 is 0 Å². The molecule has 0 aliphatic carbocycles. The lowest BCUT2D eigenvalue weighted by molar-refractivity contribution is -0.162. The SMILES string of the molecule is CC(C)C(C(=O)OC(C)(C)C)N(C)C. The molecular weight excluding hydrogens is 178 g/mol. The summed E-state index contributed by atoms with van der Waals surface area (Å²) in [5.41, 5.74) is -0.403. The van der Waals surface area contributed by atoms with E-state index in [1.165, 1.54) is 0 Å². The molecule has 1 atom stereocenters. The number of carbonyl (C=O) groups excluding carboxylic acids is 1. The summed E-state index contributed by atoms with van der Waals surface area (Å²) in [5.74, 6) is 0.123. The fraction of sp³-hybridized carbons (Fsp3) is 0.909.